The number of carbonyl (C=O) groups is 3. The van der Waals surface area contributed by atoms with E-state index in [1.165, 1.54) is 6.07 Å². The second-order valence-corrected chi connectivity index (χ2v) is 5.65. The second kappa shape index (κ2) is 7.76. The van der Waals surface area contributed by atoms with Crippen LogP contribution in [0, 0.1) is 17.8 Å². The number of carbonyl (C=O) groups excluding carboxylic acids is 3. The van der Waals surface area contributed by atoms with Crippen molar-refractivity contribution in [2.45, 2.75) is 20.0 Å². The Morgan fingerprint density at radius 1 is 1.00 bits per heavy atom. The van der Waals surface area contributed by atoms with E-state index in [1.807, 2.05) is 0 Å². The van der Waals surface area contributed by atoms with Crippen molar-refractivity contribution in [1.82, 2.24) is 0 Å². The summed E-state index contributed by atoms with van der Waals surface area (Å²) in [6.45, 7) is 3.31. The standard InChI is InChI=1S/C17H18F3NO5/c1-3-25-15(23)12-11(13(12)16(24)26-4-2)14(22)21-10-7-5-6-9(8-10)17(18,19)20/h5-8,11-13H,3-4H2,1-2H3,(H,21,22)/t12-,13-/m1/s1. The lowest BCUT2D eigenvalue weighted by molar-refractivity contribution is -0.150. The smallest absolute Gasteiger partial charge is 0.416 e. The van der Waals surface area contributed by atoms with Gasteiger partial charge in [-0.05, 0) is 32.0 Å². The molecule has 2 atom stereocenters. The Morgan fingerprint density at radius 3 is 2.00 bits per heavy atom. The zero-order chi connectivity index (χ0) is 19.5. The van der Waals surface area contributed by atoms with Crippen LogP contribution in [0.5, 0.6) is 0 Å². The van der Waals surface area contributed by atoms with E-state index in [4.69, 9.17) is 9.47 Å². The quantitative estimate of drug-likeness (QED) is 0.776. The van der Waals surface area contributed by atoms with E-state index in [0.717, 1.165) is 18.2 Å². The summed E-state index contributed by atoms with van der Waals surface area (Å²) >= 11 is 0. The van der Waals surface area contributed by atoms with Crippen LogP contribution in [-0.2, 0) is 30.0 Å². The van der Waals surface area contributed by atoms with Gasteiger partial charge in [-0.25, -0.2) is 0 Å². The normalized spacial score (nSPS) is 21.7. The molecule has 1 aliphatic rings. The molecule has 26 heavy (non-hydrogen) atoms. The van der Waals surface area contributed by atoms with Crippen molar-refractivity contribution in [3.63, 3.8) is 0 Å². The molecule has 0 unspecified atom stereocenters. The molecule has 0 bridgehead atoms. The number of amides is 1. The molecule has 1 aromatic carbocycles. The third kappa shape index (κ3) is 4.33. The number of benzene rings is 1. The lowest BCUT2D eigenvalue weighted by Gasteiger charge is -2.10. The molecule has 1 N–H and O–H groups in total. The fourth-order valence-electron chi connectivity index (χ4n) is 2.70. The van der Waals surface area contributed by atoms with Crippen LogP contribution in [0.1, 0.15) is 19.4 Å². The van der Waals surface area contributed by atoms with Gasteiger partial charge in [-0.2, -0.15) is 13.2 Å². The average Bonchev–Trinajstić information content (AvgIpc) is 3.31. The Labute approximate surface area is 147 Å². The van der Waals surface area contributed by atoms with Gasteiger partial charge in [-0.3, -0.25) is 14.4 Å². The molecule has 1 saturated carbocycles. The minimum Gasteiger partial charge on any atom is -0.466 e. The SMILES string of the molecule is CCOC(=O)[C@@H]1C(C(=O)Nc2cccc(C(F)(F)F)c2)[C@H]1C(=O)OCC. The monoisotopic (exact) mass is 373 g/mol. The number of anilines is 1. The summed E-state index contributed by atoms with van der Waals surface area (Å²) in [6, 6.07) is 4.08. The first-order chi connectivity index (χ1) is 12.2. The van der Waals surface area contributed by atoms with Crippen molar-refractivity contribution in [3.05, 3.63) is 29.8 Å². The maximum atomic E-state index is 12.7. The topological polar surface area (TPSA) is 81.7 Å². The number of halogens is 3. The van der Waals surface area contributed by atoms with Crippen LogP contribution in [0.15, 0.2) is 24.3 Å². The van der Waals surface area contributed by atoms with Gasteiger partial charge in [0.15, 0.2) is 0 Å². The maximum absolute atomic E-state index is 12.7. The van der Waals surface area contributed by atoms with E-state index in [9.17, 15) is 27.6 Å². The van der Waals surface area contributed by atoms with Gasteiger partial charge in [-0.1, -0.05) is 6.07 Å². The summed E-state index contributed by atoms with van der Waals surface area (Å²) in [5, 5.41) is 2.32. The zero-order valence-corrected chi connectivity index (χ0v) is 14.1. The molecule has 1 aromatic rings. The number of hydrogen-bond donors (Lipinski definition) is 1. The van der Waals surface area contributed by atoms with Gasteiger partial charge in [0, 0.05) is 5.69 Å². The molecule has 1 aliphatic carbocycles. The average molecular weight is 373 g/mol. The number of hydrogen-bond acceptors (Lipinski definition) is 5. The predicted molar refractivity (Wildman–Crippen MR) is 83.8 cm³/mol. The van der Waals surface area contributed by atoms with Crippen molar-refractivity contribution in [2.75, 3.05) is 18.5 Å². The van der Waals surface area contributed by atoms with E-state index in [-0.39, 0.29) is 18.9 Å². The fourth-order valence-corrected chi connectivity index (χ4v) is 2.70. The number of rotatable bonds is 6. The molecule has 0 spiro atoms. The van der Waals surface area contributed by atoms with Crippen LogP contribution in [0.3, 0.4) is 0 Å². The van der Waals surface area contributed by atoms with Crippen LogP contribution in [0.25, 0.3) is 0 Å². The maximum Gasteiger partial charge on any atom is 0.416 e. The minimum atomic E-state index is -4.55. The van der Waals surface area contributed by atoms with E-state index < -0.39 is 47.3 Å². The molecule has 2 rings (SSSR count). The highest BCUT2D eigenvalue weighted by molar-refractivity contribution is 6.04. The van der Waals surface area contributed by atoms with Gasteiger partial charge < -0.3 is 14.8 Å². The molecule has 0 aliphatic heterocycles. The Bertz CT molecular complexity index is 680. The second-order valence-electron chi connectivity index (χ2n) is 5.65. The third-order valence-electron chi connectivity index (χ3n) is 3.90. The highest BCUT2D eigenvalue weighted by atomic mass is 19.4. The summed E-state index contributed by atoms with van der Waals surface area (Å²) < 4.78 is 47.9. The van der Waals surface area contributed by atoms with Crippen LogP contribution >= 0.6 is 0 Å². The molecule has 0 radical (unpaired) electrons. The minimum absolute atomic E-state index is 0.0762. The van der Waals surface area contributed by atoms with Crippen molar-refractivity contribution >= 4 is 23.5 Å². The number of esters is 2. The third-order valence-corrected chi connectivity index (χ3v) is 3.90. The van der Waals surface area contributed by atoms with Gasteiger partial charge in [-0.15, -0.1) is 0 Å². The van der Waals surface area contributed by atoms with Crippen molar-refractivity contribution in [1.29, 1.82) is 0 Å². The Balaban J connectivity index is 2.14. The highest BCUT2D eigenvalue weighted by Crippen LogP contribution is 2.48. The molecular formula is C17H18F3NO5. The Kier molecular flexibility index (Phi) is 5.89. The summed E-state index contributed by atoms with van der Waals surface area (Å²) in [5.41, 5.74) is -1.00. The summed E-state index contributed by atoms with van der Waals surface area (Å²) in [5.74, 6) is -5.20. The first-order valence-electron chi connectivity index (χ1n) is 8.02. The molecule has 0 heterocycles. The van der Waals surface area contributed by atoms with Crippen molar-refractivity contribution in [2.24, 2.45) is 17.8 Å². The van der Waals surface area contributed by atoms with Gasteiger partial charge in [0.2, 0.25) is 5.91 Å². The number of ether oxygens (including phenoxy) is 2. The molecule has 1 fully saturated rings. The fraction of sp³-hybridized carbons (Fsp3) is 0.471. The molecule has 0 aromatic heterocycles. The van der Waals surface area contributed by atoms with Crippen LogP contribution < -0.4 is 5.32 Å². The van der Waals surface area contributed by atoms with Crippen molar-refractivity contribution < 1.29 is 37.0 Å². The first-order valence-corrected chi connectivity index (χ1v) is 8.02. The summed E-state index contributed by atoms with van der Waals surface area (Å²) in [7, 11) is 0. The molecule has 0 saturated heterocycles. The van der Waals surface area contributed by atoms with E-state index in [2.05, 4.69) is 5.32 Å². The molecule has 6 nitrogen and oxygen atoms in total. The van der Waals surface area contributed by atoms with E-state index in [0.29, 0.717) is 0 Å². The zero-order valence-electron chi connectivity index (χ0n) is 14.1. The van der Waals surface area contributed by atoms with Crippen LogP contribution in [0.4, 0.5) is 18.9 Å². The molecular weight excluding hydrogens is 355 g/mol. The lowest BCUT2D eigenvalue weighted by atomic mass is 10.2. The van der Waals surface area contributed by atoms with Gasteiger partial charge in [0.05, 0.1) is 36.5 Å². The molecule has 1 amide bonds. The van der Waals surface area contributed by atoms with Gasteiger partial charge in [0.1, 0.15) is 0 Å². The number of alkyl halides is 3. The van der Waals surface area contributed by atoms with Crippen LogP contribution in [-0.4, -0.2) is 31.1 Å². The Hall–Kier alpha value is -2.58. The summed E-state index contributed by atoms with van der Waals surface area (Å²) in [4.78, 5) is 36.2. The highest BCUT2D eigenvalue weighted by Gasteiger charge is 2.64. The molecule has 9 heteroatoms. The van der Waals surface area contributed by atoms with Crippen LogP contribution in [0.2, 0.25) is 0 Å². The van der Waals surface area contributed by atoms with Crippen molar-refractivity contribution in [3.8, 4) is 0 Å². The van der Waals surface area contributed by atoms with Gasteiger partial charge >= 0.3 is 18.1 Å². The largest absolute Gasteiger partial charge is 0.466 e. The van der Waals surface area contributed by atoms with E-state index >= 15 is 0 Å². The first kappa shape index (κ1) is 19.7. The lowest BCUT2D eigenvalue weighted by Crippen LogP contribution is -2.19. The Morgan fingerprint density at radius 2 is 1.54 bits per heavy atom. The summed E-state index contributed by atoms with van der Waals surface area (Å²) in [6.07, 6.45) is -4.55. The predicted octanol–water partition coefficient (Wildman–Crippen LogP) is 2.63. The molecule has 142 valence electrons. The van der Waals surface area contributed by atoms with E-state index in [1.54, 1.807) is 13.8 Å². The van der Waals surface area contributed by atoms with Gasteiger partial charge in [0.25, 0.3) is 0 Å². The number of nitrogens with one attached hydrogen (secondary N) is 1.